The van der Waals surface area contributed by atoms with E-state index in [1.165, 1.54) is 12.1 Å². The summed E-state index contributed by atoms with van der Waals surface area (Å²) in [4.78, 5) is 0.0247. The Kier molecular flexibility index (Phi) is 6.21. The molecule has 0 spiro atoms. The topological polar surface area (TPSA) is 34.1 Å². The maximum Gasteiger partial charge on any atom is 0.376 e. The lowest BCUT2D eigenvalue weighted by Crippen LogP contribution is -2.37. The second kappa shape index (κ2) is 6.49. The van der Waals surface area contributed by atoms with Crippen LogP contribution in [0.25, 0.3) is 0 Å². The molecule has 2 nitrogen and oxygen atoms in total. The molecule has 0 fully saturated rings. The minimum absolute atomic E-state index is 0.0247. The molecule has 0 aliphatic rings. The van der Waals surface area contributed by atoms with Gasteiger partial charge in [0, 0.05) is 10.7 Å². The van der Waals surface area contributed by atoms with Gasteiger partial charge >= 0.3 is 6.00 Å². The molecule has 1 aromatic carbocycles. The molecule has 0 aliphatic carbocycles. The molecular formula is C9H8Cl6O2SSi. The van der Waals surface area contributed by atoms with Gasteiger partial charge in [0.2, 0.25) is 0 Å². The Morgan fingerprint density at radius 3 is 1.89 bits per heavy atom. The van der Waals surface area contributed by atoms with E-state index in [4.69, 9.17) is 67.1 Å². The van der Waals surface area contributed by atoms with E-state index in [-0.39, 0.29) is 11.3 Å². The maximum atomic E-state index is 11.1. The van der Waals surface area contributed by atoms with E-state index in [1.807, 2.05) is 0 Å². The summed E-state index contributed by atoms with van der Waals surface area (Å²) < 4.78 is 20.7. The van der Waals surface area contributed by atoms with Crippen LogP contribution < -0.4 is 0 Å². The first-order valence-electron chi connectivity index (χ1n) is 4.92. The van der Waals surface area contributed by atoms with Crippen LogP contribution in [0, 0.1) is 0 Å². The molecular weight excluding hydrogens is 413 g/mol. The fourth-order valence-corrected chi connectivity index (χ4v) is 3.48. The van der Waals surface area contributed by atoms with Crippen LogP contribution in [0.1, 0.15) is 12.0 Å². The van der Waals surface area contributed by atoms with Crippen molar-refractivity contribution in [1.82, 2.24) is 0 Å². The summed E-state index contributed by atoms with van der Waals surface area (Å²) in [5.41, 5.74) is 0.818. The van der Waals surface area contributed by atoms with Crippen molar-refractivity contribution in [3.05, 3.63) is 29.8 Å². The van der Waals surface area contributed by atoms with Gasteiger partial charge in [-0.1, -0.05) is 12.1 Å². The first kappa shape index (κ1) is 18.2. The van der Waals surface area contributed by atoms with Crippen LogP contribution in [0.2, 0.25) is 0 Å². The highest BCUT2D eigenvalue weighted by molar-refractivity contribution is 8.13. The second-order valence-electron chi connectivity index (χ2n) is 3.78. The van der Waals surface area contributed by atoms with Gasteiger partial charge in [-0.05, 0) is 30.5 Å². The molecule has 1 rings (SSSR count). The highest BCUT2D eigenvalue weighted by Crippen LogP contribution is 2.44. The Labute approximate surface area is 141 Å². The van der Waals surface area contributed by atoms with Crippen LogP contribution in [0.3, 0.4) is 0 Å². The minimum Gasteiger partial charge on any atom is -0.207 e. The minimum atomic E-state index is -3.72. The molecule has 0 saturated carbocycles. The SMILES string of the molecule is O=S(=O)(Cl)c1ccc(CCC(Cl)(Cl)[Si](Cl)(Cl)Cl)cc1. The monoisotopic (exact) mass is 418 g/mol. The van der Waals surface area contributed by atoms with Crippen LogP contribution in [0.15, 0.2) is 29.2 Å². The van der Waals surface area contributed by atoms with E-state index in [0.717, 1.165) is 5.56 Å². The maximum absolute atomic E-state index is 11.1. The normalized spacial score (nSPS) is 13.6. The molecule has 10 heteroatoms. The average Bonchev–Trinajstić information content (AvgIpc) is 2.24. The molecule has 0 aliphatic heterocycles. The van der Waals surface area contributed by atoms with Crippen LogP contribution in [-0.2, 0) is 15.5 Å². The fraction of sp³-hybridized carbons (Fsp3) is 0.333. The van der Waals surface area contributed by atoms with Gasteiger partial charge in [0.1, 0.15) is 0 Å². The van der Waals surface area contributed by atoms with E-state index in [1.54, 1.807) is 12.1 Å². The van der Waals surface area contributed by atoms with Gasteiger partial charge in [-0.2, -0.15) is 0 Å². The number of aryl methyl sites for hydroxylation is 1. The van der Waals surface area contributed by atoms with Crippen molar-refractivity contribution < 1.29 is 8.42 Å². The van der Waals surface area contributed by atoms with Crippen LogP contribution in [0.5, 0.6) is 0 Å². The highest BCUT2D eigenvalue weighted by atomic mass is 35.8. The van der Waals surface area contributed by atoms with Crippen molar-refractivity contribution in [1.29, 1.82) is 0 Å². The molecule has 0 N–H and O–H groups in total. The Morgan fingerprint density at radius 1 is 1.05 bits per heavy atom. The lowest BCUT2D eigenvalue weighted by molar-refractivity contribution is 0.609. The standard InChI is InChI=1S/C9H8Cl6O2SSi/c10-9(11,19(13,14)15)6-5-7-1-3-8(4-2-7)18(12,16)17/h1-4H,5-6H2. The van der Waals surface area contributed by atoms with E-state index in [9.17, 15) is 8.42 Å². The summed E-state index contributed by atoms with van der Waals surface area (Å²) in [6.07, 6.45) is 0.711. The first-order valence-corrected chi connectivity index (χ1v) is 13.0. The average molecular weight is 421 g/mol. The van der Waals surface area contributed by atoms with Crippen LogP contribution in [-0.4, -0.2) is 18.4 Å². The van der Waals surface area contributed by atoms with E-state index in [2.05, 4.69) is 0 Å². The summed E-state index contributed by atoms with van der Waals surface area (Å²) in [5.74, 6) is 0. The summed E-state index contributed by atoms with van der Waals surface area (Å²) >= 11 is 29.3. The summed E-state index contributed by atoms with van der Waals surface area (Å²) in [6, 6.07) is 2.77. The van der Waals surface area contributed by atoms with E-state index >= 15 is 0 Å². The largest absolute Gasteiger partial charge is 0.376 e. The fourth-order valence-electron chi connectivity index (χ4n) is 1.26. The number of halogens is 6. The predicted molar refractivity (Wildman–Crippen MR) is 85.6 cm³/mol. The van der Waals surface area contributed by atoms with Gasteiger partial charge in [-0.3, -0.25) is 0 Å². The van der Waals surface area contributed by atoms with Gasteiger partial charge in [-0.25, -0.2) is 8.42 Å². The zero-order chi connectivity index (χ0) is 14.9. The molecule has 0 bridgehead atoms. The molecule has 0 saturated heterocycles. The van der Waals surface area contributed by atoms with Crippen molar-refractivity contribution in [3.63, 3.8) is 0 Å². The number of rotatable bonds is 5. The summed E-state index contributed by atoms with van der Waals surface area (Å²) in [6.45, 7) is 0. The lowest BCUT2D eigenvalue weighted by atomic mass is 10.1. The summed E-state index contributed by atoms with van der Waals surface area (Å²) in [5, 5.41) is 0. The van der Waals surface area contributed by atoms with Crippen molar-refractivity contribution in [2.45, 2.75) is 21.7 Å². The molecule has 0 aromatic heterocycles. The molecule has 0 unspecified atom stereocenters. The Bertz CT molecular complexity index is 537. The van der Waals surface area contributed by atoms with Crippen LogP contribution in [0.4, 0.5) is 0 Å². The number of hydrogen-bond donors (Lipinski definition) is 0. The molecule has 0 radical (unpaired) electrons. The van der Waals surface area contributed by atoms with Gasteiger partial charge in [0.15, 0.2) is 3.96 Å². The molecule has 1 aromatic rings. The van der Waals surface area contributed by atoms with Crippen LogP contribution >= 0.6 is 67.1 Å². The molecule has 108 valence electrons. The Hall–Kier alpha value is 1.13. The third-order valence-corrected chi connectivity index (χ3v) is 11.5. The number of hydrogen-bond acceptors (Lipinski definition) is 2. The van der Waals surface area contributed by atoms with Crippen molar-refractivity contribution in [3.8, 4) is 0 Å². The van der Waals surface area contributed by atoms with E-state index in [0.29, 0.717) is 6.42 Å². The smallest absolute Gasteiger partial charge is 0.207 e. The molecule has 0 atom stereocenters. The molecule has 0 amide bonds. The van der Waals surface area contributed by atoms with Crippen molar-refractivity contribution >= 4 is 82.2 Å². The third kappa shape index (κ3) is 5.44. The summed E-state index contributed by atoms with van der Waals surface area (Å²) in [7, 11) is 1.48. The number of alkyl halides is 2. The van der Waals surface area contributed by atoms with E-state index < -0.39 is 19.0 Å². The Balaban J connectivity index is 2.76. The van der Waals surface area contributed by atoms with Gasteiger partial charge < -0.3 is 0 Å². The van der Waals surface area contributed by atoms with Gasteiger partial charge in [0.05, 0.1) is 4.90 Å². The van der Waals surface area contributed by atoms with Crippen molar-refractivity contribution in [2.75, 3.05) is 0 Å². The highest BCUT2D eigenvalue weighted by Gasteiger charge is 2.49. The number of benzene rings is 1. The second-order valence-corrected chi connectivity index (χ2v) is 17.2. The zero-order valence-electron chi connectivity index (χ0n) is 9.22. The lowest BCUT2D eigenvalue weighted by Gasteiger charge is -2.24. The molecule has 0 heterocycles. The third-order valence-electron chi connectivity index (χ3n) is 2.35. The van der Waals surface area contributed by atoms with Crippen molar-refractivity contribution in [2.24, 2.45) is 0 Å². The quantitative estimate of drug-likeness (QED) is 0.293. The van der Waals surface area contributed by atoms with Gasteiger partial charge in [-0.15, -0.1) is 56.4 Å². The van der Waals surface area contributed by atoms with Gasteiger partial charge in [0.25, 0.3) is 9.05 Å². The Morgan fingerprint density at radius 2 is 1.53 bits per heavy atom. The predicted octanol–water partition coefficient (Wildman–Crippen LogP) is 4.92. The molecule has 19 heavy (non-hydrogen) atoms. The first-order chi connectivity index (χ1) is 8.43. The zero-order valence-corrected chi connectivity index (χ0v) is 15.6.